The van der Waals surface area contributed by atoms with Crippen LogP contribution in [0.3, 0.4) is 0 Å². The van der Waals surface area contributed by atoms with Crippen molar-refractivity contribution in [1.29, 1.82) is 0 Å². The molecule has 0 amide bonds. The van der Waals surface area contributed by atoms with E-state index in [9.17, 15) is 25.9 Å². The second-order valence-corrected chi connectivity index (χ2v) is 11.1. The Bertz CT molecular complexity index is 2050. The third-order valence-electron chi connectivity index (χ3n) is 5.81. The van der Waals surface area contributed by atoms with Gasteiger partial charge < -0.3 is 14.8 Å². The first-order valence-electron chi connectivity index (χ1n) is 11.2. The molecule has 0 heterocycles. The minimum absolute atomic E-state index is 0. The van der Waals surface area contributed by atoms with Gasteiger partial charge in [0.15, 0.2) is 0 Å². The van der Waals surface area contributed by atoms with Gasteiger partial charge in [0.25, 0.3) is 0 Å². The molecule has 15 heteroatoms. The average Bonchev–Trinajstić information content (AvgIpc) is 2.91. The zero-order chi connectivity index (χ0) is 27.8. The van der Waals surface area contributed by atoms with E-state index >= 15 is 0 Å². The van der Waals surface area contributed by atoms with E-state index < -0.39 is 30.0 Å². The van der Waals surface area contributed by atoms with Crippen LogP contribution in [0.1, 0.15) is 0 Å². The number of anilines is 1. The van der Waals surface area contributed by atoms with Gasteiger partial charge in [0.2, 0.25) is 0 Å². The summed E-state index contributed by atoms with van der Waals surface area (Å²) >= 11 is 0. The van der Waals surface area contributed by atoms with Crippen LogP contribution in [0.25, 0.3) is 21.5 Å². The standard InChI is InChI=1S/C26H19N5O6S2.2Na/c27-23-10-11-24(20-7-2-1-6-19(20)23)30-31-26-13-12-25(21-9-8-18(15-22(21)26)39(35,36)37)29-28-16-4-3-5-17(14-16)38(32,33)34;;/h1-15H,27H2,(H,32,33,34)(H,35,36,37);;/q;2*+1/p-2. The Morgan fingerprint density at radius 3 is 1.66 bits per heavy atom. The molecule has 196 valence electrons. The van der Waals surface area contributed by atoms with Crippen molar-refractivity contribution in [2.45, 2.75) is 9.79 Å². The molecule has 0 spiro atoms. The molecular formula is C26H17N5Na2O6S2. The normalized spacial score (nSPS) is 12.0. The molecule has 0 aliphatic heterocycles. The van der Waals surface area contributed by atoms with Crippen LogP contribution in [-0.2, 0) is 20.2 Å². The van der Waals surface area contributed by atoms with Crippen molar-refractivity contribution in [2.24, 2.45) is 20.5 Å². The Balaban J connectivity index is 0.00000231. The first-order valence-corrected chi connectivity index (χ1v) is 14.0. The second-order valence-electron chi connectivity index (χ2n) is 8.34. The number of benzene rings is 5. The molecule has 0 fully saturated rings. The van der Waals surface area contributed by atoms with Crippen molar-refractivity contribution >= 4 is 70.2 Å². The number of fused-ring (bicyclic) bond motifs is 2. The van der Waals surface area contributed by atoms with Gasteiger partial charge in [-0.2, -0.15) is 5.11 Å². The number of azo groups is 2. The van der Waals surface area contributed by atoms with Crippen molar-refractivity contribution in [3.63, 3.8) is 0 Å². The molecule has 5 aromatic carbocycles. The van der Waals surface area contributed by atoms with Gasteiger partial charge in [-0.1, -0.05) is 36.4 Å². The summed E-state index contributed by atoms with van der Waals surface area (Å²) in [6.07, 6.45) is 0. The zero-order valence-electron chi connectivity index (χ0n) is 21.8. The van der Waals surface area contributed by atoms with Crippen LogP contribution < -0.4 is 64.8 Å². The van der Waals surface area contributed by atoms with Gasteiger partial charge in [0, 0.05) is 27.2 Å². The first-order chi connectivity index (χ1) is 18.5. The smallest absolute Gasteiger partial charge is 0.744 e. The molecule has 0 aliphatic carbocycles. The number of nitrogens with two attached hydrogens (primary N) is 1. The van der Waals surface area contributed by atoms with Crippen LogP contribution in [-0.4, -0.2) is 25.9 Å². The topological polar surface area (TPSA) is 190 Å². The van der Waals surface area contributed by atoms with E-state index in [1.165, 1.54) is 30.3 Å². The molecule has 5 rings (SSSR count). The molecule has 0 unspecified atom stereocenters. The number of nitrogens with zero attached hydrogens (tertiary/aromatic N) is 4. The van der Waals surface area contributed by atoms with E-state index in [4.69, 9.17) is 5.73 Å². The number of hydrogen-bond acceptors (Lipinski definition) is 11. The molecule has 2 N–H and O–H groups in total. The molecule has 0 bridgehead atoms. The fourth-order valence-electron chi connectivity index (χ4n) is 3.94. The van der Waals surface area contributed by atoms with E-state index in [0.717, 1.165) is 29.0 Å². The van der Waals surface area contributed by atoms with E-state index in [0.29, 0.717) is 16.8 Å². The van der Waals surface area contributed by atoms with Crippen LogP contribution in [0.4, 0.5) is 28.4 Å². The van der Waals surface area contributed by atoms with E-state index in [-0.39, 0.29) is 81.6 Å². The maximum Gasteiger partial charge on any atom is 1.00 e. The van der Waals surface area contributed by atoms with Gasteiger partial charge in [-0.3, -0.25) is 0 Å². The summed E-state index contributed by atoms with van der Waals surface area (Å²) in [6, 6.07) is 22.6. The Morgan fingerprint density at radius 2 is 1.02 bits per heavy atom. The predicted octanol–water partition coefficient (Wildman–Crippen LogP) is 0.222. The second kappa shape index (κ2) is 13.2. The van der Waals surface area contributed by atoms with Gasteiger partial charge in [-0.25, -0.2) is 16.8 Å². The Labute approximate surface area is 279 Å². The Kier molecular flexibility index (Phi) is 10.6. The Morgan fingerprint density at radius 1 is 0.512 bits per heavy atom. The minimum Gasteiger partial charge on any atom is -0.744 e. The van der Waals surface area contributed by atoms with Gasteiger partial charge in [0.1, 0.15) is 20.2 Å². The summed E-state index contributed by atoms with van der Waals surface area (Å²) < 4.78 is 69.1. The summed E-state index contributed by atoms with van der Waals surface area (Å²) in [5.74, 6) is 0. The molecule has 0 aliphatic rings. The largest absolute Gasteiger partial charge is 1.00 e. The third kappa shape index (κ3) is 7.45. The molecule has 0 radical (unpaired) electrons. The van der Waals surface area contributed by atoms with E-state index in [2.05, 4.69) is 20.5 Å². The zero-order valence-corrected chi connectivity index (χ0v) is 27.4. The fraction of sp³-hybridized carbons (Fsp3) is 0. The third-order valence-corrected chi connectivity index (χ3v) is 7.47. The maximum absolute atomic E-state index is 11.7. The van der Waals surface area contributed by atoms with Crippen LogP contribution in [0.15, 0.2) is 121 Å². The van der Waals surface area contributed by atoms with Gasteiger partial charge in [-0.05, 0) is 54.6 Å². The summed E-state index contributed by atoms with van der Waals surface area (Å²) in [4.78, 5) is -0.924. The van der Waals surface area contributed by atoms with Gasteiger partial charge in [0.05, 0.1) is 32.5 Å². The van der Waals surface area contributed by atoms with Gasteiger partial charge in [-0.15, -0.1) is 15.3 Å². The fourth-order valence-corrected chi connectivity index (χ4v) is 4.95. The summed E-state index contributed by atoms with van der Waals surface area (Å²) in [5, 5.41) is 19.0. The van der Waals surface area contributed by atoms with Crippen LogP contribution in [0.2, 0.25) is 0 Å². The molecule has 0 aromatic heterocycles. The number of rotatable bonds is 6. The van der Waals surface area contributed by atoms with Crippen molar-refractivity contribution in [2.75, 3.05) is 5.73 Å². The van der Waals surface area contributed by atoms with Crippen molar-refractivity contribution in [3.8, 4) is 0 Å². The molecule has 5 aromatic rings. The van der Waals surface area contributed by atoms with Crippen molar-refractivity contribution < 1.29 is 85.1 Å². The quantitative estimate of drug-likeness (QED) is 0.124. The maximum atomic E-state index is 11.7. The van der Waals surface area contributed by atoms with E-state index in [1.807, 2.05) is 24.3 Å². The van der Waals surface area contributed by atoms with Crippen LogP contribution in [0.5, 0.6) is 0 Å². The monoisotopic (exact) mass is 605 g/mol. The molecule has 0 saturated carbocycles. The Hall–Kier alpha value is -2.56. The van der Waals surface area contributed by atoms with Crippen LogP contribution in [0, 0.1) is 0 Å². The average molecular weight is 606 g/mol. The SMILES string of the molecule is Nc1ccc(N=Nc2ccc(N=Nc3cccc(S(=O)(=O)[O-])c3)c3ccc(S(=O)(=O)[O-])cc23)c2ccccc12.[Na+].[Na+]. The summed E-state index contributed by atoms with van der Waals surface area (Å²) in [5.41, 5.74) is 7.80. The van der Waals surface area contributed by atoms with Gasteiger partial charge >= 0.3 is 59.1 Å². The number of hydrogen-bond donors (Lipinski definition) is 1. The predicted molar refractivity (Wildman–Crippen MR) is 143 cm³/mol. The molecule has 0 saturated heterocycles. The molecular weight excluding hydrogens is 588 g/mol. The molecule has 0 atom stereocenters. The van der Waals surface area contributed by atoms with Crippen molar-refractivity contribution in [3.05, 3.63) is 91.0 Å². The minimum atomic E-state index is -4.78. The van der Waals surface area contributed by atoms with Crippen LogP contribution >= 0.6 is 0 Å². The van der Waals surface area contributed by atoms with E-state index in [1.54, 1.807) is 18.2 Å². The molecule has 11 nitrogen and oxygen atoms in total. The first kappa shape index (κ1) is 32.9. The number of nitrogen functional groups attached to an aromatic ring is 1. The summed E-state index contributed by atoms with van der Waals surface area (Å²) in [6.45, 7) is 0. The summed E-state index contributed by atoms with van der Waals surface area (Å²) in [7, 11) is -9.46. The molecule has 41 heavy (non-hydrogen) atoms. The van der Waals surface area contributed by atoms with Crippen molar-refractivity contribution in [1.82, 2.24) is 0 Å².